The van der Waals surface area contributed by atoms with Crippen LogP contribution in [0.1, 0.15) is 26.2 Å². The van der Waals surface area contributed by atoms with Crippen molar-refractivity contribution >= 4 is 28.9 Å². The molecule has 0 aliphatic heterocycles. The molecule has 3 atom stereocenters. The van der Waals surface area contributed by atoms with Crippen LogP contribution in [-0.2, 0) is 4.79 Å². The van der Waals surface area contributed by atoms with Crippen molar-refractivity contribution in [2.45, 2.75) is 38.3 Å². The maximum atomic E-state index is 12.4. The molecule has 1 aromatic rings. The zero-order valence-electron chi connectivity index (χ0n) is 13.7. The van der Waals surface area contributed by atoms with E-state index in [0.29, 0.717) is 6.54 Å². The monoisotopic (exact) mass is 355 g/mol. The predicted molar refractivity (Wildman–Crippen MR) is 92.2 cm³/mol. The Hall–Kier alpha value is -1.70. The van der Waals surface area contributed by atoms with Gasteiger partial charge >= 0.3 is 0 Å². The smallest absolute Gasteiger partial charge is 0.271 e. The summed E-state index contributed by atoms with van der Waals surface area (Å²) < 4.78 is 0. The van der Waals surface area contributed by atoms with Crippen LogP contribution in [-0.4, -0.2) is 46.6 Å². The van der Waals surface area contributed by atoms with Gasteiger partial charge in [-0.25, -0.2) is 0 Å². The molecular weight excluding hydrogens is 334 g/mol. The summed E-state index contributed by atoms with van der Waals surface area (Å²) in [5.74, 6) is -0.126. The Kier molecular flexibility index (Phi) is 6.15. The zero-order chi connectivity index (χ0) is 17.9. The van der Waals surface area contributed by atoms with E-state index >= 15 is 0 Å². The summed E-state index contributed by atoms with van der Waals surface area (Å²) in [7, 11) is 1.82. The van der Waals surface area contributed by atoms with E-state index < -0.39 is 11.0 Å². The van der Waals surface area contributed by atoms with E-state index in [-0.39, 0.29) is 34.3 Å². The van der Waals surface area contributed by atoms with E-state index in [1.54, 1.807) is 6.92 Å². The summed E-state index contributed by atoms with van der Waals surface area (Å²) in [5, 5.41) is 23.6. The standard InChI is InChI=1S/C16H22ClN3O4/c1-10(19(2)9-11-4-3-5-15(11)21)16(22)18-14-8-12(20(23)24)6-7-13(14)17/h6-8,10-11,15,21H,3-5,9H2,1-2H3,(H,18,22). The molecule has 24 heavy (non-hydrogen) atoms. The normalized spacial score (nSPS) is 21.7. The lowest BCUT2D eigenvalue weighted by Crippen LogP contribution is -2.43. The summed E-state index contributed by atoms with van der Waals surface area (Å²) in [6.07, 6.45) is 2.46. The molecule has 8 heteroatoms. The lowest BCUT2D eigenvalue weighted by Gasteiger charge is -2.28. The molecule has 132 valence electrons. The highest BCUT2D eigenvalue weighted by molar-refractivity contribution is 6.33. The highest BCUT2D eigenvalue weighted by Crippen LogP contribution is 2.28. The first-order chi connectivity index (χ1) is 11.3. The third kappa shape index (κ3) is 4.43. The number of likely N-dealkylation sites (N-methyl/N-ethyl adjacent to an activating group) is 1. The van der Waals surface area contributed by atoms with E-state index in [0.717, 1.165) is 19.3 Å². The molecule has 0 spiro atoms. The van der Waals surface area contributed by atoms with Crippen molar-refractivity contribution < 1.29 is 14.8 Å². The van der Waals surface area contributed by atoms with Gasteiger partial charge in [-0.05, 0) is 38.8 Å². The maximum Gasteiger partial charge on any atom is 0.271 e. The molecule has 2 rings (SSSR count). The van der Waals surface area contributed by atoms with Crippen molar-refractivity contribution in [2.24, 2.45) is 5.92 Å². The summed E-state index contributed by atoms with van der Waals surface area (Å²) >= 11 is 6.00. The average molecular weight is 356 g/mol. The number of anilines is 1. The Bertz CT molecular complexity index is 625. The summed E-state index contributed by atoms with van der Waals surface area (Å²) in [4.78, 5) is 24.6. The number of aliphatic hydroxyl groups is 1. The third-order valence-electron chi connectivity index (χ3n) is 4.60. The van der Waals surface area contributed by atoms with Crippen molar-refractivity contribution in [3.05, 3.63) is 33.3 Å². The Morgan fingerprint density at radius 3 is 2.83 bits per heavy atom. The molecule has 1 amide bonds. The first kappa shape index (κ1) is 18.6. The number of benzene rings is 1. The molecule has 3 unspecified atom stereocenters. The molecular formula is C16H22ClN3O4. The van der Waals surface area contributed by atoms with E-state index in [1.165, 1.54) is 18.2 Å². The SMILES string of the molecule is CC(C(=O)Nc1cc([N+](=O)[O-])ccc1Cl)N(C)CC1CCCC1O. The Morgan fingerprint density at radius 1 is 1.54 bits per heavy atom. The lowest BCUT2D eigenvalue weighted by atomic mass is 10.0. The molecule has 0 saturated heterocycles. The van der Waals surface area contributed by atoms with E-state index in [1.807, 2.05) is 11.9 Å². The Morgan fingerprint density at radius 2 is 2.25 bits per heavy atom. The van der Waals surface area contributed by atoms with E-state index in [9.17, 15) is 20.0 Å². The minimum atomic E-state index is -0.539. The number of halogens is 1. The molecule has 0 bridgehead atoms. The van der Waals surface area contributed by atoms with Crippen LogP contribution < -0.4 is 5.32 Å². The van der Waals surface area contributed by atoms with Gasteiger partial charge in [0.05, 0.1) is 27.8 Å². The molecule has 7 nitrogen and oxygen atoms in total. The number of nitrogens with zero attached hydrogens (tertiary/aromatic N) is 2. The van der Waals surface area contributed by atoms with Gasteiger partial charge in [0, 0.05) is 18.7 Å². The van der Waals surface area contributed by atoms with Gasteiger partial charge in [0.25, 0.3) is 5.69 Å². The number of aliphatic hydroxyl groups excluding tert-OH is 1. The number of amides is 1. The quantitative estimate of drug-likeness (QED) is 0.604. The third-order valence-corrected chi connectivity index (χ3v) is 4.93. The second-order valence-electron chi connectivity index (χ2n) is 6.28. The largest absolute Gasteiger partial charge is 0.393 e. The first-order valence-corrected chi connectivity index (χ1v) is 8.30. The van der Waals surface area contributed by atoms with Gasteiger partial charge in [-0.3, -0.25) is 19.8 Å². The van der Waals surface area contributed by atoms with Gasteiger partial charge in [-0.1, -0.05) is 18.0 Å². The molecule has 2 N–H and O–H groups in total. The van der Waals surface area contributed by atoms with Crippen molar-refractivity contribution in [2.75, 3.05) is 18.9 Å². The second kappa shape index (κ2) is 7.92. The van der Waals surface area contributed by atoms with Crippen LogP contribution in [0.3, 0.4) is 0 Å². The molecule has 1 saturated carbocycles. The zero-order valence-corrected chi connectivity index (χ0v) is 14.5. The first-order valence-electron chi connectivity index (χ1n) is 7.92. The molecule has 0 radical (unpaired) electrons. The van der Waals surface area contributed by atoms with E-state index in [4.69, 9.17) is 11.6 Å². The fourth-order valence-corrected chi connectivity index (χ4v) is 3.08. The van der Waals surface area contributed by atoms with Crippen molar-refractivity contribution in [3.63, 3.8) is 0 Å². The van der Waals surface area contributed by atoms with Crippen LogP contribution in [0.2, 0.25) is 5.02 Å². The summed E-state index contributed by atoms with van der Waals surface area (Å²) in [5.41, 5.74) is 0.0850. The number of nitro benzene ring substituents is 1. The van der Waals surface area contributed by atoms with Crippen LogP contribution in [0.15, 0.2) is 18.2 Å². The minimum absolute atomic E-state index is 0.134. The van der Waals surface area contributed by atoms with Crippen LogP contribution in [0.5, 0.6) is 0 Å². The lowest BCUT2D eigenvalue weighted by molar-refractivity contribution is -0.384. The number of non-ortho nitro benzene ring substituents is 1. The number of rotatable bonds is 6. The molecule has 0 heterocycles. The fraction of sp³-hybridized carbons (Fsp3) is 0.562. The van der Waals surface area contributed by atoms with Gasteiger partial charge in [0.2, 0.25) is 5.91 Å². The van der Waals surface area contributed by atoms with Gasteiger partial charge in [0.15, 0.2) is 0 Å². The second-order valence-corrected chi connectivity index (χ2v) is 6.69. The minimum Gasteiger partial charge on any atom is -0.393 e. The molecule has 1 aliphatic carbocycles. The number of nitro groups is 1. The number of nitrogens with one attached hydrogen (secondary N) is 1. The molecule has 1 fully saturated rings. The van der Waals surface area contributed by atoms with Gasteiger partial charge in [-0.15, -0.1) is 0 Å². The Labute approximate surface area is 145 Å². The van der Waals surface area contributed by atoms with Crippen molar-refractivity contribution in [3.8, 4) is 0 Å². The van der Waals surface area contributed by atoms with Crippen LogP contribution in [0, 0.1) is 16.0 Å². The average Bonchev–Trinajstić information content (AvgIpc) is 2.93. The highest BCUT2D eigenvalue weighted by Gasteiger charge is 2.29. The predicted octanol–water partition coefficient (Wildman–Crippen LogP) is 2.67. The van der Waals surface area contributed by atoms with Crippen molar-refractivity contribution in [1.82, 2.24) is 4.90 Å². The number of carbonyl (C=O) groups excluding carboxylic acids is 1. The number of hydrogen-bond acceptors (Lipinski definition) is 5. The topological polar surface area (TPSA) is 95.7 Å². The highest BCUT2D eigenvalue weighted by atomic mass is 35.5. The van der Waals surface area contributed by atoms with Gasteiger partial charge in [-0.2, -0.15) is 0 Å². The fourth-order valence-electron chi connectivity index (χ4n) is 2.92. The summed E-state index contributed by atoms with van der Waals surface area (Å²) in [6, 6.07) is 3.47. The van der Waals surface area contributed by atoms with Crippen LogP contribution >= 0.6 is 11.6 Å². The molecule has 0 aromatic heterocycles. The van der Waals surface area contributed by atoms with Crippen LogP contribution in [0.4, 0.5) is 11.4 Å². The maximum absolute atomic E-state index is 12.4. The molecule has 1 aromatic carbocycles. The van der Waals surface area contributed by atoms with Gasteiger partial charge < -0.3 is 10.4 Å². The van der Waals surface area contributed by atoms with E-state index in [2.05, 4.69) is 5.32 Å². The number of carbonyl (C=O) groups is 1. The summed E-state index contributed by atoms with van der Waals surface area (Å²) in [6.45, 7) is 2.38. The number of hydrogen-bond donors (Lipinski definition) is 2. The Balaban J connectivity index is 2.00. The van der Waals surface area contributed by atoms with Gasteiger partial charge in [0.1, 0.15) is 0 Å². The van der Waals surface area contributed by atoms with Crippen LogP contribution in [0.25, 0.3) is 0 Å². The molecule has 1 aliphatic rings. The van der Waals surface area contributed by atoms with Crippen molar-refractivity contribution in [1.29, 1.82) is 0 Å².